The van der Waals surface area contributed by atoms with Gasteiger partial charge in [0.2, 0.25) is 23.6 Å². The minimum absolute atomic E-state index is 0.0551. The lowest BCUT2D eigenvalue weighted by atomic mass is 9.95. The summed E-state index contributed by atoms with van der Waals surface area (Å²) in [6.45, 7) is 13.8. The number of carbonyl (C=O) groups is 6. The van der Waals surface area contributed by atoms with Crippen molar-refractivity contribution in [1.82, 2.24) is 25.8 Å². The number of carbonyl (C=O) groups excluding carboxylic acids is 6. The first-order chi connectivity index (χ1) is 29.4. The Morgan fingerprint density at radius 2 is 1.60 bits per heavy atom. The summed E-state index contributed by atoms with van der Waals surface area (Å²) in [4.78, 5) is 82.3. The molecule has 2 aromatic carbocycles. The lowest BCUT2D eigenvalue weighted by molar-refractivity contribution is -0.146. The van der Waals surface area contributed by atoms with E-state index in [0.29, 0.717) is 50.2 Å². The third-order valence-corrected chi connectivity index (χ3v) is 10.5. The molecular formula is C46H67N5O11. The summed E-state index contributed by atoms with van der Waals surface area (Å²) < 4.78 is 20.7. The molecule has 0 aliphatic carbocycles. The third kappa shape index (κ3) is 16.4. The Labute approximate surface area is 366 Å². The van der Waals surface area contributed by atoms with Gasteiger partial charge >= 0.3 is 12.1 Å². The van der Waals surface area contributed by atoms with Gasteiger partial charge in [-0.1, -0.05) is 42.5 Å². The van der Waals surface area contributed by atoms with Crippen molar-refractivity contribution in [3.05, 3.63) is 77.9 Å². The summed E-state index contributed by atoms with van der Waals surface area (Å²) >= 11 is 0. The molecule has 342 valence electrons. The number of aliphatic hydroxyl groups is 1. The number of esters is 1. The van der Waals surface area contributed by atoms with Crippen molar-refractivity contribution in [3.8, 4) is 5.75 Å². The van der Waals surface area contributed by atoms with Gasteiger partial charge in [-0.3, -0.25) is 24.0 Å². The smallest absolute Gasteiger partial charge is 0.408 e. The zero-order chi connectivity index (χ0) is 45.9. The average molecular weight is 866 g/mol. The van der Waals surface area contributed by atoms with Gasteiger partial charge in [0.1, 0.15) is 29.0 Å². The van der Waals surface area contributed by atoms with E-state index in [1.165, 1.54) is 26.0 Å². The Morgan fingerprint density at radius 1 is 0.952 bits per heavy atom. The molecule has 0 spiro atoms. The van der Waals surface area contributed by atoms with Crippen LogP contribution in [0.15, 0.2) is 61.2 Å². The SMILES string of the molecule is C=CCCCN(Cc1ccc(CCNC(=O)[C@]2(C)CCCN2C(=O)C(Cc2ccc(OC)cc2)NC(=O)[C@@H](NC(=O)OC(C)(C)C)[C@@H](C)O)cc1)C(=O)CCOCCC(=O)OC. The highest BCUT2D eigenvalue weighted by Crippen LogP contribution is 2.31. The zero-order valence-electron chi connectivity index (χ0n) is 37.5. The molecule has 2 aromatic rings. The van der Waals surface area contributed by atoms with Crippen LogP contribution in [0.1, 0.15) is 89.8 Å². The Kier molecular flexibility index (Phi) is 20.4. The average Bonchev–Trinajstić information content (AvgIpc) is 3.64. The molecule has 0 bridgehead atoms. The highest BCUT2D eigenvalue weighted by Gasteiger charge is 2.47. The van der Waals surface area contributed by atoms with Crippen molar-refractivity contribution < 1.29 is 52.8 Å². The van der Waals surface area contributed by atoms with Crippen LogP contribution in [0.4, 0.5) is 4.79 Å². The second-order valence-corrected chi connectivity index (χ2v) is 16.6. The summed E-state index contributed by atoms with van der Waals surface area (Å²) in [5, 5.41) is 18.7. The van der Waals surface area contributed by atoms with Crippen LogP contribution in [-0.2, 0) is 57.6 Å². The normalized spacial score (nSPS) is 16.3. The molecule has 1 aliphatic heterocycles. The minimum atomic E-state index is -1.43. The first-order valence-electron chi connectivity index (χ1n) is 21.2. The van der Waals surface area contributed by atoms with Gasteiger partial charge in [0.15, 0.2) is 0 Å². The number of benzene rings is 2. The molecule has 1 heterocycles. The third-order valence-electron chi connectivity index (χ3n) is 10.5. The molecular weight excluding hydrogens is 799 g/mol. The number of unbranched alkanes of at least 4 members (excludes halogenated alkanes) is 1. The standard InChI is InChI=1S/C46H67N5O11/c1-9-10-11-26-50(38(53)22-28-61-29-23-39(54)60-8)31-35-15-13-33(14-16-35)21-25-47-43(57)46(6)24-12-27-51(46)42(56)37(30-34-17-19-36(59-7)20-18-34)48-41(55)40(32(2)52)49-44(58)62-45(3,4)5/h9,13-20,32,37,40,52H,1,10-12,21-31H2,2-8H3,(H,47,57)(H,48,55)(H,49,58)/t32-,37?,40+,46+/m1/s1. The second-order valence-electron chi connectivity index (χ2n) is 16.6. The number of methoxy groups -OCH3 is 2. The van der Waals surface area contributed by atoms with Gasteiger partial charge < -0.3 is 49.8 Å². The van der Waals surface area contributed by atoms with E-state index in [0.717, 1.165) is 24.0 Å². The van der Waals surface area contributed by atoms with Crippen LogP contribution in [-0.4, -0.2) is 127 Å². The molecule has 1 fully saturated rings. The number of alkyl carbamates (subject to hydrolysis) is 1. The van der Waals surface area contributed by atoms with Crippen LogP contribution in [0.5, 0.6) is 5.75 Å². The molecule has 0 saturated carbocycles. The fourth-order valence-corrected chi connectivity index (χ4v) is 6.98. The topological polar surface area (TPSA) is 202 Å². The summed E-state index contributed by atoms with van der Waals surface area (Å²) in [7, 11) is 2.85. The van der Waals surface area contributed by atoms with Crippen molar-refractivity contribution in [2.24, 2.45) is 0 Å². The fourth-order valence-electron chi connectivity index (χ4n) is 6.98. The quantitative estimate of drug-likeness (QED) is 0.0675. The monoisotopic (exact) mass is 865 g/mol. The summed E-state index contributed by atoms with van der Waals surface area (Å²) in [5.74, 6) is -1.42. The number of likely N-dealkylation sites (tertiary alicyclic amines) is 1. The van der Waals surface area contributed by atoms with E-state index >= 15 is 0 Å². The van der Waals surface area contributed by atoms with Crippen LogP contribution in [0.3, 0.4) is 0 Å². The van der Waals surface area contributed by atoms with E-state index in [2.05, 4.69) is 27.3 Å². The second kappa shape index (κ2) is 24.8. The molecule has 0 aromatic heterocycles. The van der Waals surface area contributed by atoms with Gasteiger partial charge in [0.25, 0.3) is 0 Å². The number of amides is 5. The lowest BCUT2D eigenvalue weighted by Crippen LogP contribution is -2.62. The predicted molar refractivity (Wildman–Crippen MR) is 233 cm³/mol. The number of nitrogens with one attached hydrogen (secondary N) is 3. The van der Waals surface area contributed by atoms with Crippen LogP contribution in [0, 0.1) is 0 Å². The Balaban J connectivity index is 1.67. The molecule has 16 nitrogen and oxygen atoms in total. The van der Waals surface area contributed by atoms with E-state index in [1.807, 2.05) is 30.3 Å². The summed E-state index contributed by atoms with van der Waals surface area (Å²) in [6, 6.07) is 12.3. The van der Waals surface area contributed by atoms with E-state index < -0.39 is 47.2 Å². The largest absolute Gasteiger partial charge is 0.497 e. The van der Waals surface area contributed by atoms with Gasteiger partial charge in [0.05, 0.1) is 46.4 Å². The number of allylic oxidation sites excluding steroid dienone is 1. The maximum atomic E-state index is 14.4. The molecule has 1 unspecified atom stereocenters. The van der Waals surface area contributed by atoms with Crippen LogP contribution >= 0.6 is 0 Å². The molecule has 4 N–H and O–H groups in total. The van der Waals surface area contributed by atoms with Crippen molar-refractivity contribution in [1.29, 1.82) is 0 Å². The molecule has 5 amide bonds. The van der Waals surface area contributed by atoms with E-state index in [4.69, 9.17) is 14.2 Å². The number of nitrogens with zero attached hydrogens (tertiary/aromatic N) is 2. The van der Waals surface area contributed by atoms with Gasteiger partial charge in [-0.15, -0.1) is 6.58 Å². The maximum Gasteiger partial charge on any atom is 0.408 e. The number of aliphatic hydroxyl groups excluding tert-OH is 1. The Hall–Kier alpha value is -5.48. The Bertz CT molecular complexity index is 1800. The van der Waals surface area contributed by atoms with Gasteiger partial charge in [0, 0.05) is 32.6 Å². The van der Waals surface area contributed by atoms with Crippen molar-refractivity contribution in [2.75, 3.05) is 47.1 Å². The molecule has 4 atom stereocenters. The van der Waals surface area contributed by atoms with E-state index in [1.54, 1.807) is 56.9 Å². The molecule has 1 aliphatic rings. The van der Waals surface area contributed by atoms with Crippen molar-refractivity contribution >= 4 is 35.7 Å². The van der Waals surface area contributed by atoms with Gasteiger partial charge in [-0.05, 0) is 95.5 Å². The zero-order valence-corrected chi connectivity index (χ0v) is 37.5. The highest BCUT2D eigenvalue weighted by atomic mass is 16.6. The Morgan fingerprint density at radius 3 is 2.21 bits per heavy atom. The van der Waals surface area contributed by atoms with Crippen LogP contribution in [0.25, 0.3) is 0 Å². The molecule has 0 radical (unpaired) electrons. The molecule has 62 heavy (non-hydrogen) atoms. The number of rotatable bonds is 24. The first-order valence-corrected chi connectivity index (χ1v) is 21.2. The summed E-state index contributed by atoms with van der Waals surface area (Å²) in [6.07, 6.45) is 2.98. The fraction of sp³-hybridized carbons (Fsp3) is 0.565. The number of hydrogen-bond acceptors (Lipinski definition) is 11. The lowest BCUT2D eigenvalue weighted by Gasteiger charge is -2.37. The number of ether oxygens (including phenoxy) is 4. The molecule has 1 saturated heterocycles. The molecule has 3 rings (SSSR count). The number of hydrogen-bond donors (Lipinski definition) is 4. The van der Waals surface area contributed by atoms with Crippen molar-refractivity contribution in [2.45, 2.75) is 122 Å². The summed E-state index contributed by atoms with van der Waals surface area (Å²) in [5.41, 5.74) is 0.556. The minimum Gasteiger partial charge on any atom is -0.497 e. The highest BCUT2D eigenvalue weighted by molar-refractivity contribution is 5.96. The first kappa shape index (κ1) is 50.9. The predicted octanol–water partition coefficient (Wildman–Crippen LogP) is 4.00. The van der Waals surface area contributed by atoms with E-state index in [-0.39, 0.29) is 56.8 Å². The van der Waals surface area contributed by atoms with Crippen LogP contribution in [0.2, 0.25) is 0 Å². The van der Waals surface area contributed by atoms with Gasteiger partial charge in [-0.2, -0.15) is 0 Å². The van der Waals surface area contributed by atoms with E-state index in [9.17, 15) is 33.9 Å². The van der Waals surface area contributed by atoms with Crippen LogP contribution < -0.4 is 20.7 Å². The molecule has 16 heteroatoms. The maximum absolute atomic E-state index is 14.4. The van der Waals surface area contributed by atoms with Gasteiger partial charge in [-0.25, -0.2) is 4.79 Å². The van der Waals surface area contributed by atoms with Crippen molar-refractivity contribution in [3.63, 3.8) is 0 Å².